The average Bonchev–Trinajstić information content (AvgIpc) is 2.92. The lowest BCUT2D eigenvalue weighted by Gasteiger charge is -2.32. The minimum atomic E-state index is -0.321. The molecule has 0 radical (unpaired) electrons. The van der Waals surface area contributed by atoms with Crippen molar-refractivity contribution in [2.24, 2.45) is 5.73 Å². The van der Waals surface area contributed by atoms with Crippen LogP contribution in [0, 0.1) is 0 Å². The summed E-state index contributed by atoms with van der Waals surface area (Å²) < 4.78 is 5.88. The predicted molar refractivity (Wildman–Crippen MR) is 81.9 cm³/mol. The van der Waals surface area contributed by atoms with Gasteiger partial charge in [0.25, 0.3) is 0 Å². The highest BCUT2D eigenvalue weighted by Crippen LogP contribution is 2.24. The van der Waals surface area contributed by atoms with Crippen molar-refractivity contribution in [3.63, 3.8) is 0 Å². The molecule has 21 heavy (non-hydrogen) atoms. The van der Waals surface area contributed by atoms with Gasteiger partial charge in [-0.15, -0.1) is 0 Å². The summed E-state index contributed by atoms with van der Waals surface area (Å²) >= 11 is 0. The van der Waals surface area contributed by atoms with Crippen molar-refractivity contribution in [1.82, 2.24) is 10.2 Å². The molecule has 5 heteroatoms. The number of para-hydroxylation sites is 1. The number of benzene rings is 1. The fraction of sp³-hybridized carbons (Fsp3) is 0.438. The molecule has 1 atom stereocenters. The Bertz CT molecular complexity index is 596. The Morgan fingerprint density at radius 2 is 2.10 bits per heavy atom. The number of primary amides is 1. The van der Waals surface area contributed by atoms with Gasteiger partial charge in [0, 0.05) is 24.5 Å². The Morgan fingerprint density at radius 3 is 2.76 bits per heavy atom. The average molecular weight is 287 g/mol. The Kier molecular flexibility index (Phi) is 3.84. The van der Waals surface area contributed by atoms with E-state index < -0.39 is 0 Å². The zero-order valence-corrected chi connectivity index (χ0v) is 12.2. The third kappa shape index (κ3) is 3.03. The first-order chi connectivity index (χ1) is 10.1. The quantitative estimate of drug-likeness (QED) is 0.911. The van der Waals surface area contributed by atoms with Gasteiger partial charge < -0.3 is 20.4 Å². The van der Waals surface area contributed by atoms with Crippen molar-refractivity contribution in [3.05, 3.63) is 36.1 Å². The fourth-order valence-corrected chi connectivity index (χ4v) is 2.92. The van der Waals surface area contributed by atoms with E-state index in [0.717, 1.165) is 42.7 Å². The molecular weight excluding hydrogens is 266 g/mol. The van der Waals surface area contributed by atoms with Gasteiger partial charge in [-0.05, 0) is 31.9 Å². The van der Waals surface area contributed by atoms with E-state index in [9.17, 15) is 4.79 Å². The molecule has 0 spiro atoms. The summed E-state index contributed by atoms with van der Waals surface area (Å²) in [5.41, 5.74) is 6.22. The van der Waals surface area contributed by atoms with E-state index in [1.54, 1.807) is 4.90 Å². The van der Waals surface area contributed by atoms with Crippen molar-refractivity contribution >= 4 is 17.0 Å². The van der Waals surface area contributed by atoms with Crippen molar-refractivity contribution in [1.29, 1.82) is 0 Å². The second kappa shape index (κ2) is 5.77. The number of hydrogen-bond acceptors (Lipinski definition) is 3. The van der Waals surface area contributed by atoms with Crippen LogP contribution in [0.3, 0.4) is 0 Å². The van der Waals surface area contributed by atoms with Crippen molar-refractivity contribution in [3.8, 4) is 0 Å². The monoisotopic (exact) mass is 287 g/mol. The van der Waals surface area contributed by atoms with Gasteiger partial charge in [-0.25, -0.2) is 4.79 Å². The molecule has 1 aliphatic heterocycles. The van der Waals surface area contributed by atoms with Gasteiger partial charge >= 0.3 is 6.03 Å². The molecule has 3 rings (SSSR count). The molecule has 1 aliphatic rings. The molecule has 1 unspecified atom stereocenters. The summed E-state index contributed by atoms with van der Waals surface area (Å²) in [6.07, 6.45) is 1.85. The highest BCUT2D eigenvalue weighted by atomic mass is 16.3. The zero-order valence-electron chi connectivity index (χ0n) is 12.2. The number of nitrogens with one attached hydrogen (secondary N) is 1. The van der Waals surface area contributed by atoms with Crippen LogP contribution in [0.15, 0.2) is 34.7 Å². The Hall–Kier alpha value is -2.01. The highest BCUT2D eigenvalue weighted by Gasteiger charge is 2.23. The van der Waals surface area contributed by atoms with Crippen molar-refractivity contribution < 1.29 is 9.21 Å². The van der Waals surface area contributed by atoms with E-state index in [4.69, 9.17) is 10.2 Å². The number of urea groups is 1. The lowest BCUT2D eigenvalue weighted by atomic mass is 10.0. The highest BCUT2D eigenvalue weighted by molar-refractivity contribution is 5.77. The van der Waals surface area contributed by atoms with E-state index in [0.29, 0.717) is 6.04 Å². The van der Waals surface area contributed by atoms with Gasteiger partial charge in [-0.1, -0.05) is 18.2 Å². The first-order valence-corrected chi connectivity index (χ1v) is 7.42. The van der Waals surface area contributed by atoms with Gasteiger partial charge in [0.05, 0.1) is 6.04 Å². The number of piperidine rings is 1. The Labute approximate surface area is 124 Å². The number of carbonyl (C=O) groups is 1. The second-order valence-electron chi connectivity index (χ2n) is 5.67. The normalized spacial score (nSPS) is 18.0. The first kappa shape index (κ1) is 13.9. The van der Waals surface area contributed by atoms with Gasteiger partial charge in [0.15, 0.2) is 0 Å². The number of fused-ring (bicyclic) bond motifs is 1. The largest absolute Gasteiger partial charge is 0.459 e. The van der Waals surface area contributed by atoms with Crippen LogP contribution in [0.2, 0.25) is 0 Å². The van der Waals surface area contributed by atoms with Gasteiger partial charge in [-0.3, -0.25) is 0 Å². The van der Waals surface area contributed by atoms with Crippen LogP contribution < -0.4 is 11.1 Å². The molecule has 112 valence electrons. The number of carbonyl (C=O) groups excluding carboxylic acids is 1. The van der Waals surface area contributed by atoms with Crippen LogP contribution in [0.1, 0.15) is 31.6 Å². The number of nitrogens with zero attached hydrogens (tertiary/aromatic N) is 1. The molecule has 2 aromatic rings. The van der Waals surface area contributed by atoms with Gasteiger partial charge in [-0.2, -0.15) is 0 Å². The topological polar surface area (TPSA) is 71.5 Å². The third-order valence-corrected chi connectivity index (χ3v) is 4.16. The van der Waals surface area contributed by atoms with Gasteiger partial charge in [0.2, 0.25) is 0 Å². The first-order valence-electron chi connectivity index (χ1n) is 7.42. The molecule has 2 amide bonds. The number of nitrogens with two attached hydrogens (primary N) is 1. The molecule has 1 fully saturated rings. The van der Waals surface area contributed by atoms with E-state index in [1.807, 2.05) is 18.2 Å². The number of furan rings is 1. The van der Waals surface area contributed by atoms with Crippen molar-refractivity contribution in [2.75, 3.05) is 13.1 Å². The fourth-order valence-electron chi connectivity index (χ4n) is 2.92. The summed E-state index contributed by atoms with van der Waals surface area (Å²) in [5.74, 6) is 0.952. The molecule has 3 N–H and O–H groups in total. The van der Waals surface area contributed by atoms with E-state index in [-0.39, 0.29) is 12.1 Å². The lowest BCUT2D eigenvalue weighted by Crippen LogP contribution is -2.47. The molecule has 0 aliphatic carbocycles. The molecule has 2 heterocycles. The molecule has 0 bridgehead atoms. The van der Waals surface area contributed by atoms with Crippen LogP contribution in [0.5, 0.6) is 0 Å². The maximum atomic E-state index is 11.1. The third-order valence-electron chi connectivity index (χ3n) is 4.16. The maximum absolute atomic E-state index is 11.1. The summed E-state index contributed by atoms with van der Waals surface area (Å²) in [4.78, 5) is 12.8. The summed E-state index contributed by atoms with van der Waals surface area (Å²) in [6, 6.07) is 10.3. The van der Waals surface area contributed by atoms with Crippen LogP contribution in [-0.2, 0) is 0 Å². The molecule has 1 saturated heterocycles. The van der Waals surface area contributed by atoms with Crippen LogP contribution >= 0.6 is 0 Å². The van der Waals surface area contributed by atoms with E-state index >= 15 is 0 Å². The standard InChI is InChI=1S/C16H21N3O2/c1-11(15-10-12-4-2-3-5-14(12)21-15)18-13-6-8-19(9-7-13)16(17)20/h2-5,10-11,13,18H,6-9H2,1H3,(H2,17,20). The minimum absolute atomic E-state index is 0.155. The number of rotatable bonds is 3. The van der Waals surface area contributed by atoms with Gasteiger partial charge in [0.1, 0.15) is 11.3 Å². The van der Waals surface area contributed by atoms with Crippen molar-refractivity contribution in [2.45, 2.75) is 31.8 Å². The lowest BCUT2D eigenvalue weighted by molar-refractivity contribution is 0.182. The second-order valence-corrected chi connectivity index (χ2v) is 5.67. The maximum Gasteiger partial charge on any atom is 0.314 e. The molecular formula is C16H21N3O2. The van der Waals surface area contributed by atoms with E-state index in [1.165, 1.54) is 0 Å². The predicted octanol–water partition coefficient (Wildman–Crippen LogP) is 2.63. The Balaban J connectivity index is 1.61. The summed E-state index contributed by atoms with van der Waals surface area (Å²) in [6.45, 7) is 3.55. The zero-order chi connectivity index (χ0) is 14.8. The smallest absolute Gasteiger partial charge is 0.314 e. The number of likely N-dealkylation sites (tertiary alicyclic amines) is 1. The molecule has 0 saturated carbocycles. The minimum Gasteiger partial charge on any atom is -0.459 e. The van der Waals surface area contributed by atoms with Crippen LogP contribution in [-0.4, -0.2) is 30.1 Å². The Morgan fingerprint density at radius 1 is 1.38 bits per heavy atom. The van der Waals surface area contributed by atoms with E-state index in [2.05, 4.69) is 24.4 Å². The molecule has 1 aromatic heterocycles. The van der Waals surface area contributed by atoms with Crippen LogP contribution in [0.25, 0.3) is 11.0 Å². The van der Waals surface area contributed by atoms with Crippen LogP contribution in [0.4, 0.5) is 4.79 Å². The summed E-state index contributed by atoms with van der Waals surface area (Å²) in [7, 11) is 0. The SMILES string of the molecule is CC(NC1CCN(C(N)=O)CC1)c1cc2ccccc2o1. The number of amides is 2. The molecule has 5 nitrogen and oxygen atoms in total. The summed E-state index contributed by atoms with van der Waals surface area (Å²) in [5, 5.41) is 4.71. The molecule has 1 aromatic carbocycles. The number of hydrogen-bond donors (Lipinski definition) is 2.